The highest BCUT2D eigenvalue weighted by Gasteiger charge is 2.18. The summed E-state index contributed by atoms with van der Waals surface area (Å²) in [5, 5.41) is 0. The van der Waals surface area contributed by atoms with Gasteiger partial charge in [-0.2, -0.15) is 0 Å². The van der Waals surface area contributed by atoms with Gasteiger partial charge >= 0.3 is 0 Å². The number of sulfonamides is 1. The van der Waals surface area contributed by atoms with Crippen molar-refractivity contribution in [3.8, 4) is 0 Å². The van der Waals surface area contributed by atoms with Gasteiger partial charge in [0.05, 0.1) is 10.6 Å². The SMILES string of the molecule is Cc1ccc(Br)cc1S(=O)(=O)Nc1ccccc1Br. The quantitative estimate of drug-likeness (QED) is 0.827. The van der Waals surface area contributed by atoms with Crippen molar-refractivity contribution in [3.05, 3.63) is 57.0 Å². The molecule has 2 aromatic rings. The van der Waals surface area contributed by atoms with Crippen LogP contribution in [0.4, 0.5) is 5.69 Å². The van der Waals surface area contributed by atoms with Crippen molar-refractivity contribution in [3.63, 3.8) is 0 Å². The van der Waals surface area contributed by atoms with Crippen LogP contribution in [-0.4, -0.2) is 8.42 Å². The molecule has 0 radical (unpaired) electrons. The zero-order chi connectivity index (χ0) is 14.0. The molecule has 1 N–H and O–H groups in total. The molecule has 0 atom stereocenters. The Morgan fingerprint density at radius 1 is 1.05 bits per heavy atom. The van der Waals surface area contributed by atoms with Crippen molar-refractivity contribution < 1.29 is 8.42 Å². The number of hydrogen-bond donors (Lipinski definition) is 1. The second-order valence-corrected chi connectivity index (χ2v) is 7.42. The van der Waals surface area contributed by atoms with Crippen molar-refractivity contribution >= 4 is 47.6 Å². The number of anilines is 1. The lowest BCUT2D eigenvalue weighted by Crippen LogP contribution is -2.14. The number of para-hydroxylation sites is 1. The Morgan fingerprint density at radius 3 is 2.42 bits per heavy atom. The minimum absolute atomic E-state index is 0.262. The zero-order valence-electron chi connectivity index (χ0n) is 10.0. The maximum atomic E-state index is 12.4. The molecule has 0 saturated heterocycles. The van der Waals surface area contributed by atoms with E-state index < -0.39 is 10.0 Å². The molecule has 6 heteroatoms. The van der Waals surface area contributed by atoms with E-state index in [4.69, 9.17) is 0 Å². The van der Waals surface area contributed by atoms with Crippen LogP contribution in [0.2, 0.25) is 0 Å². The van der Waals surface area contributed by atoms with Crippen molar-refractivity contribution in [2.75, 3.05) is 4.72 Å². The molecule has 19 heavy (non-hydrogen) atoms. The molecule has 0 aliphatic rings. The van der Waals surface area contributed by atoms with E-state index in [1.807, 2.05) is 12.1 Å². The molecule has 0 spiro atoms. The third-order valence-electron chi connectivity index (χ3n) is 2.56. The van der Waals surface area contributed by atoms with Gasteiger partial charge in [-0.25, -0.2) is 8.42 Å². The Labute approximate surface area is 129 Å². The van der Waals surface area contributed by atoms with E-state index in [0.717, 1.165) is 4.47 Å². The standard InChI is InChI=1S/C13H11Br2NO2S/c1-9-6-7-10(14)8-13(9)19(17,18)16-12-5-3-2-4-11(12)15/h2-8,16H,1H3. The molecule has 0 aliphatic heterocycles. The van der Waals surface area contributed by atoms with E-state index in [0.29, 0.717) is 15.7 Å². The molecule has 0 saturated carbocycles. The molecular formula is C13H11Br2NO2S. The first kappa shape index (κ1) is 14.6. The van der Waals surface area contributed by atoms with Crippen molar-refractivity contribution in [2.24, 2.45) is 0 Å². The molecule has 0 amide bonds. The predicted octanol–water partition coefficient (Wildman–Crippen LogP) is 4.32. The summed E-state index contributed by atoms with van der Waals surface area (Å²) in [6.07, 6.45) is 0. The summed E-state index contributed by atoms with van der Waals surface area (Å²) in [4.78, 5) is 0.262. The van der Waals surface area contributed by atoms with E-state index in [2.05, 4.69) is 36.6 Å². The van der Waals surface area contributed by atoms with E-state index >= 15 is 0 Å². The summed E-state index contributed by atoms with van der Waals surface area (Å²) < 4.78 is 28.8. The second-order valence-electron chi connectivity index (χ2n) is 4.00. The first-order valence-corrected chi connectivity index (χ1v) is 8.50. The van der Waals surface area contributed by atoms with Gasteiger partial charge in [-0.1, -0.05) is 34.1 Å². The van der Waals surface area contributed by atoms with Crippen LogP contribution in [0.1, 0.15) is 5.56 Å². The van der Waals surface area contributed by atoms with Gasteiger partial charge in [0.25, 0.3) is 10.0 Å². The van der Waals surface area contributed by atoms with Gasteiger partial charge in [0.1, 0.15) is 0 Å². The molecule has 0 aromatic heterocycles. The molecule has 0 bridgehead atoms. The summed E-state index contributed by atoms with van der Waals surface area (Å²) in [5.41, 5.74) is 1.21. The molecule has 100 valence electrons. The first-order valence-electron chi connectivity index (χ1n) is 5.43. The van der Waals surface area contributed by atoms with Crippen molar-refractivity contribution in [1.29, 1.82) is 0 Å². The molecular weight excluding hydrogens is 394 g/mol. The summed E-state index contributed by atoms with van der Waals surface area (Å²) in [6, 6.07) is 12.3. The van der Waals surface area contributed by atoms with Crippen LogP contribution in [0.3, 0.4) is 0 Å². The van der Waals surface area contributed by atoms with Gasteiger partial charge in [0.2, 0.25) is 0 Å². The smallest absolute Gasteiger partial charge is 0.262 e. The first-order chi connectivity index (χ1) is 8.90. The van der Waals surface area contributed by atoms with Crippen LogP contribution in [0.25, 0.3) is 0 Å². The minimum atomic E-state index is -3.60. The molecule has 0 aliphatic carbocycles. The topological polar surface area (TPSA) is 46.2 Å². The fourth-order valence-corrected chi connectivity index (χ4v) is 3.99. The molecule has 0 fully saturated rings. The van der Waals surface area contributed by atoms with Crippen molar-refractivity contribution in [1.82, 2.24) is 0 Å². The van der Waals surface area contributed by atoms with Crippen LogP contribution in [0.15, 0.2) is 56.3 Å². The maximum Gasteiger partial charge on any atom is 0.262 e. The van der Waals surface area contributed by atoms with Gasteiger partial charge in [0.15, 0.2) is 0 Å². The molecule has 0 unspecified atom stereocenters. The summed E-state index contributed by atoms with van der Waals surface area (Å²) in [7, 11) is -3.60. The highest BCUT2D eigenvalue weighted by molar-refractivity contribution is 9.10. The largest absolute Gasteiger partial charge is 0.278 e. The zero-order valence-corrected chi connectivity index (χ0v) is 14.0. The van der Waals surface area contributed by atoms with Crippen molar-refractivity contribution in [2.45, 2.75) is 11.8 Å². The lowest BCUT2D eigenvalue weighted by molar-refractivity contribution is 0.600. The maximum absolute atomic E-state index is 12.4. The summed E-state index contributed by atoms with van der Waals surface area (Å²) in [5.74, 6) is 0. The number of halogens is 2. The van der Waals surface area contributed by atoms with Gasteiger partial charge in [-0.15, -0.1) is 0 Å². The fourth-order valence-electron chi connectivity index (χ4n) is 1.61. The van der Waals surface area contributed by atoms with Crippen LogP contribution in [0.5, 0.6) is 0 Å². The Hall–Kier alpha value is -0.850. The van der Waals surface area contributed by atoms with Gasteiger partial charge < -0.3 is 0 Å². The number of rotatable bonds is 3. The lowest BCUT2D eigenvalue weighted by atomic mass is 10.2. The Bertz CT molecular complexity index is 714. The van der Waals surface area contributed by atoms with Gasteiger partial charge in [0, 0.05) is 8.95 Å². The average molecular weight is 405 g/mol. The van der Waals surface area contributed by atoms with E-state index in [-0.39, 0.29) is 4.90 Å². The van der Waals surface area contributed by atoms with Crippen LogP contribution < -0.4 is 4.72 Å². The number of benzene rings is 2. The predicted molar refractivity (Wildman–Crippen MR) is 83.8 cm³/mol. The van der Waals surface area contributed by atoms with Gasteiger partial charge in [-0.05, 0) is 52.7 Å². The van der Waals surface area contributed by atoms with Crippen LogP contribution >= 0.6 is 31.9 Å². The Balaban J connectivity index is 2.44. The number of aryl methyl sites for hydroxylation is 1. The second kappa shape index (κ2) is 5.64. The Morgan fingerprint density at radius 2 is 1.74 bits per heavy atom. The average Bonchev–Trinajstić information content (AvgIpc) is 2.35. The molecule has 2 aromatic carbocycles. The van der Waals surface area contributed by atoms with Crippen LogP contribution in [-0.2, 0) is 10.0 Å². The monoisotopic (exact) mass is 403 g/mol. The normalized spacial score (nSPS) is 11.3. The lowest BCUT2D eigenvalue weighted by Gasteiger charge is -2.11. The third-order valence-corrected chi connectivity index (χ3v) is 5.25. The molecule has 3 nitrogen and oxygen atoms in total. The number of hydrogen-bond acceptors (Lipinski definition) is 2. The van der Waals surface area contributed by atoms with E-state index in [1.54, 1.807) is 37.3 Å². The highest BCUT2D eigenvalue weighted by Crippen LogP contribution is 2.27. The Kier molecular flexibility index (Phi) is 4.32. The van der Waals surface area contributed by atoms with E-state index in [9.17, 15) is 8.42 Å². The fraction of sp³-hybridized carbons (Fsp3) is 0.0769. The summed E-state index contributed by atoms with van der Waals surface area (Å²) in [6.45, 7) is 1.76. The molecule has 2 rings (SSSR count). The minimum Gasteiger partial charge on any atom is -0.278 e. The highest BCUT2D eigenvalue weighted by atomic mass is 79.9. The van der Waals surface area contributed by atoms with Gasteiger partial charge in [-0.3, -0.25) is 4.72 Å². The third kappa shape index (κ3) is 3.38. The molecule has 0 heterocycles. The van der Waals surface area contributed by atoms with Crippen LogP contribution in [0, 0.1) is 6.92 Å². The van der Waals surface area contributed by atoms with E-state index in [1.165, 1.54) is 0 Å². The number of nitrogens with one attached hydrogen (secondary N) is 1. The summed E-state index contributed by atoms with van der Waals surface area (Å²) >= 11 is 6.61.